The van der Waals surface area contributed by atoms with E-state index in [1.165, 1.54) is 0 Å². The number of aldehydes is 1. The predicted octanol–water partition coefficient (Wildman–Crippen LogP) is 3.74. The van der Waals surface area contributed by atoms with Crippen LogP contribution in [0, 0.1) is 19.7 Å². The fourth-order valence-electron chi connectivity index (χ4n) is 2.74. The molecule has 0 bridgehead atoms. The van der Waals surface area contributed by atoms with Gasteiger partial charge in [0.05, 0.1) is 12.4 Å². The standard InChI is InChI=1S/C19H21FO4S/c1-13-10-17(24-8-5-9-25(3,22)23)19(20)14(2)18(13)16-7-4-6-15(11-16)12-21/h4,6-7,10-12H,5,8-9H2,1-3H3. The highest BCUT2D eigenvalue weighted by Crippen LogP contribution is 2.34. The topological polar surface area (TPSA) is 60.4 Å². The maximum Gasteiger partial charge on any atom is 0.168 e. The van der Waals surface area contributed by atoms with Crippen molar-refractivity contribution in [1.82, 2.24) is 0 Å². The molecule has 0 N–H and O–H groups in total. The molecule has 0 saturated heterocycles. The van der Waals surface area contributed by atoms with Crippen LogP contribution >= 0.6 is 0 Å². The molecule has 6 heteroatoms. The van der Waals surface area contributed by atoms with E-state index in [4.69, 9.17) is 4.74 Å². The first-order valence-corrected chi connectivity index (χ1v) is 9.95. The van der Waals surface area contributed by atoms with Gasteiger partial charge in [0, 0.05) is 11.8 Å². The Balaban J connectivity index is 2.28. The monoisotopic (exact) mass is 364 g/mol. The molecule has 0 atom stereocenters. The number of hydrogen-bond acceptors (Lipinski definition) is 4. The van der Waals surface area contributed by atoms with Gasteiger partial charge in [-0.2, -0.15) is 0 Å². The van der Waals surface area contributed by atoms with Crippen LogP contribution in [-0.2, 0) is 9.84 Å². The Morgan fingerprint density at radius 1 is 1.20 bits per heavy atom. The van der Waals surface area contributed by atoms with Gasteiger partial charge < -0.3 is 4.74 Å². The second-order valence-corrected chi connectivity index (χ2v) is 8.34. The number of rotatable bonds is 7. The summed E-state index contributed by atoms with van der Waals surface area (Å²) >= 11 is 0. The molecule has 2 aromatic carbocycles. The largest absolute Gasteiger partial charge is 0.490 e. The molecule has 0 aliphatic heterocycles. The summed E-state index contributed by atoms with van der Waals surface area (Å²) in [7, 11) is -3.06. The molecule has 0 fully saturated rings. The Hall–Kier alpha value is -2.21. The number of ether oxygens (including phenoxy) is 1. The van der Waals surface area contributed by atoms with E-state index in [2.05, 4.69) is 0 Å². The zero-order chi connectivity index (χ0) is 18.6. The molecule has 134 valence electrons. The summed E-state index contributed by atoms with van der Waals surface area (Å²) in [6.07, 6.45) is 2.22. The van der Waals surface area contributed by atoms with Gasteiger partial charge in [0.25, 0.3) is 0 Å². The Labute approximate surface area is 147 Å². The number of hydrogen-bond donors (Lipinski definition) is 0. The Morgan fingerprint density at radius 3 is 2.56 bits per heavy atom. The zero-order valence-corrected chi connectivity index (χ0v) is 15.3. The van der Waals surface area contributed by atoms with Crippen molar-refractivity contribution in [1.29, 1.82) is 0 Å². The maximum absolute atomic E-state index is 14.7. The third kappa shape index (κ3) is 4.89. The van der Waals surface area contributed by atoms with Gasteiger partial charge in [0.15, 0.2) is 11.6 Å². The van der Waals surface area contributed by atoms with Crippen LogP contribution in [0.1, 0.15) is 27.9 Å². The van der Waals surface area contributed by atoms with E-state index in [1.807, 2.05) is 13.0 Å². The molecule has 0 amide bonds. The van der Waals surface area contributed by atoms with Crippen molar-refractivity contribution in [2.75, 3.05) is 18.6 Å². The summed E-state index contributed by atoms with van der Waals surface area (Å²) in [5, 5.41) is 0. The van der Waals surface area contributed by atoms with Crippen LogP contribution < -0.4 is 4.74 Å². The first-order valence-electron chi connectivity index (χ1n) is 7.89. The average Bonchev–Trinajstić information content (AvgIpc) is 2.55. The lowest BCUT2D eigenvalue weighted by atomic mass is 9.94. The fourth-order valence-corrected chi connectivity index (χ4v) is 3.38. The molecular weight excluding hydrogens is 343 g/mol. The second kappa shape index (κ2) is 7.78. The van der Waals surface area contributed by atoms with Crippen molar-refractivity contribution in [3.63, 3.8) is 0 Å². The van der Waals surface area contributed by atoms with Crippen molar-refractivity contribution in [3.05, 3.63) is 52.8 Å². The molecule has 4 nitrogen and oxygen atoms in total. The fraction of sp³-hybridized carbons (Fsp3) is 0.316. The summed E-state index contributed by atoms with van der Waals surface area (Å²) in [5.74, 6) is -0.362. The number of carbonyl (C=O) groups is 1. The summed E-state index contributed by atoms with van der Waals surface area (Å²) in [6, 6.07) is 8.59. The van der Waals surface area contributed by atoms with Gasteiger partial charge in [0.2, 0.25) is 0 Å². The van der Waals surface area contributed by atoms with Gasteiger partial charge in [0.1, 0.15) is 16.1 Å². The Kier molecular flexibility index (Phi) is 5.95. The number of aryl methyl sites for hydroxylation is 1. The van der Waals surface area contributed by atoms with Gasteiger partial charge >= 0.3 is 0 Å². The van der Waals surface area contributed by atoms with Crippen molar-refractivity contribution in [3.8, 4) is 16.9 Å². The molecule has 25 heavy (non-hydrogen) atoms. The SMILES string of the molecule is Cc1cc(OCCCS(C)(=O)=O)c(F)c(C)c1-c1cccc(C=O)c1. The highest BCUT2D eigenvalue weighted by molar-refractivity contribution is 7.90. The first kappa shape index (κ1) is 19.1. The number of sulfone groups is 1. The summed E-state index contributed by atoms with van der Waals surface area (Å²) in [4.78, 5) is 11.0. The van der Waals surface area contributed by atoms with Gasteiger partial charge in [-0.3, -0.25) is 4.79 Å². The first-order chi connectivity index (χ1) is 11.7. The minimum absolute atomic E-state index is 0.00313. The third-order valence-corrected chi connectivity index (χ3v) is 4.92. The van der Waals surface area contributed by atoms with Gasteiger partial charge in [-0.1, -0.05) is 18.2 Å². The Bertz CT molecular complexity index is 889. The molecule has 0 aromatic heterocycles. The molecule has 0 aliphatic carbocycles. The predicted molar refractivity (Wildman–Crippen MR) is 96.5 cm³/mol. The summed E-state index contributed by atoms with van der Waals surface area (Å²) in [5.41, 5.74) is 3.27. The molecular formula is C19H21FO4S. The lowest BCUT2D eigenvalue weighted by molar-refractivity contribution is 0.112. The molecule has 2 rings (SSSR count). The normalized spacial score (nSPS) is 11.4. The van der Waals surface area contributed by atoms with Crippen molar-refractivity contribution in [2.24, 2.45) is 0 Å². The minimum Gasteiger partial charge on any atom is -0.490 e. The lowest BCUT2D eigenvalue weighted by Crippen LogP contribution is -2.09. The molecule has 0 aliphatic rings. The highest BCUT2D eigenvalue weighted by Gasteiger charge is 2.16. The molecule has 0 saturated carbocycles. The van der Waals surface area contributed by atoms with Crippen molar-refractivity contribution >= 4 is 16.1 Å². The number of halogens is 1. The lowest BCUT2D eigenvalue weighted by Gasteiger charge is -2.16. The summed E-state index contributed by atoms with van der Waals surface area (Å²) in [6.45, 7) is 3.64. The van der Waals surface area contributed by atoms with Crippen LogP contribution in [0.4, 0.5) is 4.39 Å². The van der Waals surface area contributed by atoms with Crippen LogP contribution in [0.3, 0.4) is 0 Å². The van der Waals surface area contributed by atoms with Crippen LogP contribution in [0.5, 0.6) is 5.75 Å². The quantitative estimate of drug-likeness (QED) is 0.555. The molecule has 0 heterocycles. The average molecular weight is 364 g/mol. The number of carbonyl (C=O) groups excluding carboxylic acids is 1. The van der Waals surface area contributed by atoms with Crippen LogP contribution in [-0.4, -0.2) is 33.3 Å². The Morgan fingerprint density at radius 2 is 1.92 bits per heavy atom. The zero-order valence-electron chi connectivity index (χ0n) is 14.5. The third-order valence-electron chi connectivity index (χ3n) is 3.89. The van der Waals surface area contributed by atoms with E-state index in [0.717, 1.165) is 29.2 Å². The molecule has 0 spiro atoms. The molecule has 0 unspecified atom stereocenters. The van der Waals surface area contributed by atoms with E-state index in [9.17, 15) is 17.6 Å². The highest BCUT2D eigenvalue weighted by atomic mass is 32.2. The smallest absolute Gasteiger partial charge is 0.168 e. The molecule has 0 radical (unpaired) electrons. The van der Waals surface area contributed by atoms with Gasteiger partial charge in [-0.15, -0.1) is 0 Å². The van der Waals surface area contributed by atoms with E-state index in [-0.39, 0.29) is 18.1 Å². The van der Waals surface area contributed by atoms with Crippen LogP contribution in [0.25, 0.3) is 11.1 Å². The molecule has 2 aromatic rings. The number of benzene rings is 2. The van der Waals surface area contributed by atoms with Gasteiger partial charge in [-0.05, 0) is 54.7 Å². The van der Waals surface area contributed by atoms with Crippen molar-refractivity contribution in [2.45, 2.75) is 20.3 Å². The van der Waals surface area contributed by atoms with Crippen molar-refractivity contribution < 1.29 is 22.3 Å². The van der Waals surface area contributed by atoms with E-state index in [1.54, 1.807) is 31.2 Å². The van der Waals surface area contributed by atoms with E-state index in [0.29, 0.717) is 17.5 Å². The van der Waals surface area contributed by atoms with E-state index >= 15 is 0 Å². The summed E-state index contributed by atoms with van der Waals surface area (Å²) < 4.78 is 42.3. The van der Waals surface area contributed by atoms with Crippen LogP contribution in [0.2, 0.25) is 0 Å². The van der Waals surface area contributed by atoms with Gasteiger partial charge in [-0.25, -0.2) is 12.8 Å². The minimum atomic E-state index is -3.06. The maximum atomic E-state index is 14.7. The second-order valence-electron chi connectivity index (χ2n) is 6.08. The van der Waals surface area contributed by atoms with Crippen LogP contribution in [0.15, 0.2) is 30.3 Å². The van der Waals surface area contributed by atoms with E-state index < -0.39 is 15.7 Å².